The maximum atomic E-state index is 13.2. The maximum Gasteiger partial charge on any atom is 0.290 e. The van der Waals surface area contributed by atoms with Gasteiger partial charge in [-0.2, -0.15) is 0 Å². The van der Waals surface area contributed by atoms with Crippen LogP contribution in [0.15, 0.2) is 65.9 Å². The van der Waals surface area contributed by atoms with Crippen LogP contribution < -0.4 is 5.32 Å². The van der Waals surface area contributed by atoms with Crippen LogP contribution in [0.25, 0.3) is 10.9 Å². The molecule has 2 aromatic carbocycles. The highest BCUT2D eigenvalue weighted by atomic mass is 79.9. The molecule has 2 N–H and O–H groups in total. The Morgan fingerprint density at radius 1 is 1.18 bits per heavy atom. The van der Waals surface area contributed by atoms with Gasteiger partial charge < -0.3 is 15.3 Å². The molecule has 9 heteroatoms. The summed E-state index contributed by atoms with van der Waals surface area (Å²) in [5.74, 6) is 0.0230. The molecule has 5 rings (SSSR count). The van der Waals surface area contributed by atoms with Gasteiger partial charge in [-0.05, 0) is 51.2 Å². The Balaban J connectivity index is 0.000000868. The molecule has 3 heterocycles. The zero-order chi connectivity index (χ0) is 23.9. The Morgan fingerprint density at radius 2 is 1.91 bits per heavy atom. The zero-order valence-electron chi connectivity index (χ0n) is 18.4. The first-order valence-electron chi connectivity index (χ1n) is 11.0. The van der Waals surface area contributed by atoms with Gasteiger partial charge in [0.05, 0.1) is 18.1 Å². The normalized spacial score (nSPS) is 19.3. The van der Waals surface area contributed by atoms with Gasteiger partial charge in [-0.15, -0.1) is 0 Å². The fraction of sp³-hybridized carbons (Fsp3) is 0.280. The Morgan fingerprint density at radius 3 is 2.68 bits per heavy atom. The third-order valence-electron chi connectivity index (χ3n) is 5.88. The highest BCUT2D eigenvalue weighted by Crippen LogP contribution is 2.26. The molecular formula is C25H25BrN4O4. The number of carbonyl (C=O) groups excluding carboxylic acids is 1. The summed E-state index contributed by atoms with van der Waals surface area (Å²) in [7, 11) is 0. The summed E-state index contributed by atoms with van der Waals surface area (Å²) >= 11 is 3.34. The lowest BCUT2D eigenvalue weighted by Crippen LogP contribution is -2.51. The number of hydrogen-bond donors (Lipinski definition) is 2. The van der Waals surface area contributed by atoms with Crippen molar-refractivity contribution < 1.29 is 19.5 Å². The number of hydrogen-bond acceptors (Lipinski definition) is 6. The van der Waals surface area contributed by atoms with Crippen LogP contribution in [0, 0.1) is 0 Å². The molecule has 1 amide bonds. The van der Waals surface area contributed by atoms with E-state index in [0.29, 0.717) is 25.9 Å². The minimum Gasteiger partial charge on any atom is -0.483 e. The van der Waals surface area contributed by atoms with Crippen LogP contribution in [0.2, 0.25) is 0 Å². The predicted octanol–water partition coefficient (Wildman–Crippen LogP) is 3.48. The van der Waals surface area contributed by atoms with E-state index in [2.05, 4.69) is 66.6 Å². The molecular weight excluding hydrogens is 500 g/mol. The van der Waals surface area contributed by atoms with Crippen LogP contribution in [0.4, 0.5) is 0 Å². The second kappa shape index (κ2) is 11.2. The first-order chi connectivity index (χ1) is 16.6. The number of nitrogens with one attached hydrogen (secondary N) is 1. The maximum absolute atomic E-state index is 13.2. The summed E-state index contributed by atoms with van der Waals surface area (Å²) in [5, 5.41) is 15.0. The summed E-state index contributed by atoms with van der Waals surface area (Å²) in [5.41, 5.74) is 4.59. The van der Waals surface area contributed by atoms with Crippen molar-refractivity contribution in [3.63, 3.8) is 0 Å². The largest absolute Gasteiger partial charge is 0.483 e. The number of rotatable bonds is 5. The van der Waals surface area contributed by atoms with Gasteiger partial charge in [0.1, 0.15) is 4.62 Å². The molecule has 34 heavy (non-hydrogen) atoms. The molecule has 2 atom stereocenters. The van der Waals surface area contributed by atoms with Crippen LogP contribution in [-0.4, -0.2) is 50.7 Å². The molecule has 1 aromatic heterocycles. The minimum absolute atomic E-state index is 0.0230. The van der Waals surface area contributed by atoms with Crippen LogP contribution in [0.3, 0.4) is 0 Å². The van der Waals surface area contributed by atoms with Crippen LogP contribution in [0.5, 0.6) is 0 Å². The molecule has 2 unspecified atom stereocenters. The Labute approximate surface area is 205 Å². The number of nitrogens with zero attached hydrogens (tertiary/aromatic N) is 3. The van der Waals surface area contributed by atoms with Crippen LogP contribution >= 0.6 is 15.9 Å². The molecule has 176 valence electrons. The molecule has 0 saturated heterocycles. The van der Waals surface area contributed by atoms with Crippen molar-refractivity contribution in [2.75, 3.05) is 6.54 Å². The zero-order valence-corrected chi connectivity index (χ0v) is 20.0. The Bertz CT molecular complexity index is 1200. The summed E-state index contributed by atoms with van der Waals surface area (Å²) in [6, 6.07) is 18.4. The number of benzene rings is 2. The van der Waals surface area contributed by atoms with E-state index in [0.717, 1.165) is 27.6 Å². The molecule has 0 spiro atoms. The molecule has 0 aliphatic carbocycles. The molecule has 8 nitrogen and oxygen atoms in total. The number of halogens is 1. The van der Waals surface area contributed by atoms with Crippen molar-refractivity contribution in [2.45, 2.75) is 38.1 Å². The van der Waals surface area contributed by atoms with Gasteiger partial charge >= 0.3 is 0 Å². The summed E-state index contributed by atoms with van der Waals surface area (Å²) < 4.78 is 0.781. The van der Waals surface area contributed by atoms with Crippen LogP contribution in [-0.2, 0) is 33.9 Å². The molecule has 2 aliphatic rings. The summed E-state index contributed by atoms with van der Waals surface area (Å²) in [6.07, 6.45) is 3.17. The van der Waals surface area contributed by atoms with Gasteiger partial charge in [-0.25, -0.2) is 0 Å². The Hall–Kier alpha value is -3.30. The fourth-order valence-corrected chi connectivity index (χ4v) is 4.72. The van der Waals surface area contributed by atoms with Gasteiger partial charge in [-0.1, -0.05) is 47.6 Å². The number of fused-ring (bicyclic) bond motifs is 2. The smallest absolute Gasteiger partial charge is 0.290 e. The van der Waals surface area contributed by atoms with Gasteiger partial charge in [0.25, 0.3) is 6.47 Å². The predicted molar refractivity (Wildman–Crippen MR) is 132 cm³/mol. The number of para-hydroxylation sites is 1. The third-order valence-corrected chi connectivity index (χ3v) is 6.35. The van der Waals surface area contributed by atoms with E-state index in [4.69, 9.17) is 14.7 Å². The first kappa shape index (κ1) is 23.8. The highest BCUT2D eigenvalue weighted by molar-refractivity contribution is 9.18. The van der Waals surface area contributed by atoms with Gasteiger partial charge in [-0.3, -0.25) is 19.5 Å². The number of oxime groups is 1. The van der Waals surface area contributed by atoms with Crippen LogP contribution in [0.1, 0.15) is 23.1 Å². The van der Waals surface area contributed by atoms with Crippen molar-refractivity contribution in [3.05, 3.63) is 77.5 Å². The molecule has 2 aliphatic heterocycles. The van der Waals surface area contributed by atoms with E-state index in [1.165, 1.54) is 11.1 Å². The monoisotopic (exact) mass is 524 g/mol. The number of carbonyl (C=O) groups is 2. The van der Waals surface area contributed by atoms with Crippen molar-refractivity contribution in [2.24, 2.45) is 5.16 Å². The second-order valence-corrected chi connectivity index (χ2v) is 9.09. The lowest BCUT2D eigenvalue weighted by Gasteiger charge is -2.36. The minimum atomic E-state index is -0.250. The van der Waals surface area contributed by atoms with E-state index in [9.17, 15) is 4.79 Å². The van der Waals surface area contributed by atoms with E-state index < -0.39 is 0 Å². The average molecular weight is 525 g/mol. The Kier molecular flexibility index (Phi) is 7.87. The lowest BCUT2D eigenvalue weighted by atomic mass is 9.93. The van der Waals surface area contributed by atoms with Crippen molar-refractivity contribution >= 4 is 43.8 Å². The van der Waals surface area contributed by atoms with Crippen molar-refractivity contribution in [1.29, 1.82) is 0 Å². The van der Waals surface area contributed by atoms with E-state index in [-0.39, 0.29) is 24.5 Å². The average Bonchev–Trinajstić information content (AvgIpc) is 3.27. The second-order valence-electron chi connectivity index (χ2n) is 8.18. The van der Waals surface area contributed by atoms with Gasteiger partial charge in [0, 0.05) is 31.1 Å². The lowest BCUT2D eigenvalue weighted by molar-refractivity contribution is -0.128. The third kappa shape index (κ3) is 5.78. The number of carboxylic acid groups (broad SMARTS) is 1. The van der Waals surface area contributed by atoms with Crippen molar-refractivity contribution in [3.8, 4) is 0 Å². The molecule has 0 radical (unpaired) electrons. The van der Waals surface area contributed by atoms with E-state index in [1.54, 1.807) is 0 Å². The fourth-order valence-electron chi connectivity index (χ4n) is 4.28. The number of amides is 1. The first-order valence-corrected chi connectivity index (χ1v) is 11.7. The molecule has 0 saturated carbocycles. The topological polar surface area (TPSA) is 104 Å². The number of pyridine rings is 1. The quantitative estimate of drug-likeness (QED) is 0.495. The SMILES string of the molecule is O=C(NCC1CC(Br)=NO1)C1Cc2ccccc2CN1Cc1cnc2ccccc2c1.O=CO. The molecule has 0 bridgehead atoms. The van der Waals surface area contributed by atoms with E-state index in [1.807, 2.05) is 30.5 Å². The number of aromatic nitrogens is 1. The van der Waals surface area contributed by atoms with Gasteiger partial charge in [0.15, 0.2) is 6.10 Å². The molecule has 3 aromatic rings. The highest BCUT2D eigenvalue weighted by Gasteiger charge is 2.32. The van der Waals surface area contributed by atoms with Gasteiger partial charge in [0.2, 0.25) is 5.91 Å². The van der Waals surface area contributed by atoms with Crippen molar-refractivity contribution in [1.82, 2.24) is 15.2 Å². The molecule has 0 fully saturated rings. The standard InChI is InChI=1S/C24H23BrN4O2.CH2O2/c25-23-11-20(31-28-23)13-27-24(30)22-10-17-5-1-2-7-19(17)15-29(22)14-16-9-18-6-3-4-8-21(18)26-12-16;2-1-3/h1-9,12,20,22H,10-11,13-15H2,(H,27,30);1H,(H,2,3). The summed E-state index contributed by atoms with van der Waals surface area (Å²) in [6.45, 7) is 1.59. The van der Waals surface area contributed by atoms with E-state index >= 15 is 0 Å². The summed E-state index contributed by atoms with van der Waals surface area (Å²) in [4.78, 5) is 33.7.